The number of aliphatic imine (C=N–C) groups is 1. The number of carbonyl (C=O) groups is 1. The molecular formula is C19H34IN5O2. The van der Waals surface area contributed by atoms with Gasteiger partial charge >= 0.3 is 0 Å². The second-order valence-electron chi connectivity index (χ2n) is 8.13. The molecule has 0 aromatic carbocycles. The fourth-order valence-electron chi connectivity index (χ4n) is 2.83. The van der Waals surface area contributed by atoms with Gasteiger partial charge in [0, 0.05) is 37.0 Å². The maximum Gasteiger partial charge on any atom is 0.225 e. The number of aromatic nitrogens is 1. The van der Waals surface area contributed by atoms with Crippen LogP contribution in [-0.4, -0.2) is 47.4 Å². The van der Waals surface area contributed by atoms with Gasteiger partial charge in [-0.15, -0.1) is 24.0 Å². The number of amides is 1. The van der Waals surface area contributed by atoms with Crippen LogP contribution in [-0.2, 0) is 16.8 Å². The lowest BCUT2D eigenvalue weighted by atomic mass is 9.94. The first-order valence-corrected chi connectivity index (χ1v) is 9.49. The maximum atomic E-state index is 12.1. The van der Waals surface area contributed by atoms with E-state index in [2.05, 4.69) is 41.4 Å². The summed E-state index contributed by atoms with van der Waals surface area (Å²) in [6, 6.07) is 0.213. The minimum atomic E-state index is -0.0615. The first-order chi connectivity index (χ1) is 12.2. The highest BCUT2D eigenvalue weighted by atomic mass is 127. The molecule has 0 aliphatic carbocycles. The van der Waals surface area contributed by atoms with Crippen molar-refractivity contribution < 1.29 is 9.21 Å². The first-order valence-electron chi connectivity index (χ1n) is 9.49. The fourth-order valence-corrected chi connectivity index (χ4v) is 2.83. The van der Waals surface area contributed by atoms with Gasteiger partial charge in [0.05, 0.1) is 6.20 Å². The van der Waals surface area contributed by atoms with E-state index in [-0.39, 0.29) is 47.3 Å². The van der Waals surface area contributed by atoms with Gasteiger partial charge < -0.3 is 20.0 Å². The van der Waals surface area contributed by atoms with Crippen LogP contribution in [0.15, 0.2) is 15.6 Å². The second-order valence-corrected chi connectivity index (χ2v) is 8.13. The van der Waals surface area contributed by atoms with Crippen molar-refractivity contribution >= 4 is 35.8 Å². The van der Waals surface area contributed by atoms with Crippen molar-refractivity contribution in [2.75, 3.05) is 19.6 Å². The van der Waals surface area contributed by atoms with Crippen molar-refractivity contribution in [2.24, 2.45) is 10.9 Å². The second kappa shape index (κ2) is 10.3. The van der Waals surface area contributed by atoms with Crippen LogP contribution in [0.2, 0.25) is 0 Å². The highest BCUT2D eigenvalue weighted by Crippen LogP contribution is 2.22. The van der Waals surface area contributed by atoms with E-state index >= 15 is 0 Å². The summed E-state index contributed by atoms with van der Waals surface area (Å²) < 4.78 is 5.79. The number of halogens is 1. The number of oxazole rings is 1. The Morgan fingerprint density at radius 3 is 2.70 bits per heavy atom. The quantitative estimate of drug-likeness (QED) is 0.376. The summed E-state index contributed by atoms with van der Waals surface area (Å²) in [6.07, 6.45) is 2.70. The molecule has 2 N–H and O–H groups in total. The summed E-state index contributed by atoms with van der Waals surface area (Å²) >= 11 is 0. The predicted molar refractivity (Wildman–Crippen MR) is 118 cm³/mol. The van der Waals surface area contributed by atoms with Gasteiger partial charge in [0.15, 0.2) is 5.96 Å². The Hall–Kier alpha value is -1.32. The van der Waals surface area contributed by atoms with Gasteiger partial charge in [-0.3, -0.25) is 4.79 Å². The number of hydrogen-bond acceptors (Lipinski definition) is 4. The molecule has 0 spiro atoms. The molecule has 0 radical (unpaired) electrons. The number of guanidine groups is 1. The molecule has 1 aliphatic rings. The molecule has 1 saturated heterocycles. The van der Waals surface area contributed by atoms with Crippen molar-refractivity contribution in [1.82, 2.24) is 20.5 Å². The molecule has 2 rings (SSSR count). The van der Waals surface area contributed by atoms with Crippen LogP contribution in [0.4, 0.5) is 0 Å². The lowest BCUT2D eigenvalue weighted by Crippen LogP contribution is -2.45. The molecule has 27 heavy (non-hydrogen) atoms. The minimum Gasteiger partial charge on any atom is -0.443 e. The summed E-state index contributed by atoms with van der Waals surface area (Å²) in [5, 5.41) is 6.67. The molecule has 1 aromatic heterocycles. The third-order valence-corrected chi connectivity index (χ3v) is 4.34. The molecule has 0 bridgehead atoms. The van der Waals surface area contributed by atoms with Gasteiger partial charge in [-0.05, 0) is 13.3 Å². The molecule has 0 saturated carbocycles. The molecular weight excluding hydrogens is 457 g/mol. The van der Waals surface area contributed by atoms with Gasteiger partial charge in [0.2, 0.25) is 11.8 Å². The van der Waals surface area contributed by atoms with E-state index in [9.17, 15) is 4.79 Å². The molecule has 1 aliphatic heterocycles. The smallest absolute Gasteiger partial charge is 0.225 e. The van der Waals surface area contributed by atoms with Crippen LogP contribution < -0.4 is 10.6 Å². The average Bonchev–Trinajstić information content (AvgIpc) is 3.21. The topological polar surface area (TPSA) is 82.8 Å². The Labute approximate surface area is 179 Å². The van der Waals surface area contributed by atoms with Crippen LogP contribution in [0.25, 0.3) is 0 Å². The van der Waals surface area contributed by atoms with Crippen molar-refractivity contribution in [3.8, 4) is 0 Å². The minimum absolute atomic E-state index is 0. The normalized spacial score (nSPS) is 17.8. The number of carbonyl (C=O) groups excluding carboxylic acids is 1. The van der Waals surface area contributed by atoms with Crippen molar-refractivity contribution in [2.45, 2.75) is 66.0 Å². The zero-order valence-corrected chi connectivity index (χ0v) is 19.7. The summed E-state index contributed by atoms with van der Waals surface area (Å²) in [6.45, 7) is 14.9. The molecule has 1 atom stereocenters. The van der Waals surface area contributed by atoms with Crippen molar-refractivity contribution in [3.63, 3.8) is 0 Å². The molecule has 7 nitrogen and oxygen atoms in total. The Morgan fingerprint density at radius 1 is 1.44 bits per heavy atom. The number of likely N-dealkylation sites (tertiary alicyclic amines) is 1. The fraction of sp³-hybridized carbons (Fsp3) is 0.737. The van der Waals surface area contributed by atoms with Gasteiger partial charge in [-0.25, -0.2) is 9.98 Å². The Balaban J connectivity index is 0.00000364. The Bertz CT molecular complexity index is 636. The predicted octanol–water partition coefficient (Wildman–Crippen LogP) is 2.90. The standard InChI is InChI=1S/C19H33N5O2.HI/c1-7-20-18(22-11-16-21-10-15(26-16)19(4,5)6)23-14-8-9-24(12-14)17(25)13(2)3;/h10,13-14H,7-9,11-12H2,1-6H3,(H2,20,22,23);1H. The third kappa shape index (κ3) is 6.97. The molecule has 1 unspecified atom stereocenters. The summed E-state index contributed by atoms with van der Waals surface area (Å²) in [5.74, 6) is 2.45. The molecule has 8 heteroatoms. The zero-order valence-electron chi connectivity index (χ0n) is 17.3. The van der Waals surface area contributed by atoms with Gasteiger partial charge in [-0.2, -0.15) is 0 Å². The highest BCUT2D eigenvalue weighted by molar-refractivity contribution is 14.0. The Morgan fingerprint density at radius 2 is 2.15 bits per heavy atom. The summed E-state index contributed by atoms with van der Waals surface area (Å²) in [5.41, 5.74) is -0.0615. The van der Waals surface area contributed by atoms with Crippen molar-refractivity contribution in [3.05, 3.63) is 17.8 Å². The Kier molecular flexibility index (Phi) is 9.04. The largest absolute Gasteiger partial charge is 0.443 e. The van der Waals surface area contributed by atoms with Crippen LogP contribution in [0.1, 0.15) is 59.6 Å². The average molecular weight is 491 g/mol. The number of nitrogens with one attached hydrogen (secondary N) is 2. The summed E-state index contributed by atoms with van der Waals surface area (Å²) in [7, 11) is 0. The van der Waals surface area contributed by atoms with Crippen LogP contribution in [0.3, 0.4) is 0 Å². The van der Waals surface area contributed by atoms with Crippen molar-refractivity contribution in [1.29, 1.82) is 0 Å². The molecule has 154 valence electrons. The monoisotopic (exact) mass is 491 g/mol. The van der Waals surface area contributed by atoms with E-state index in [1.807, 2.05) is 25.7 Å². The van der Waals surface area contributed by atoms with Crippen LogP contribution >= 0.6 is 24.0 Å². The van der Waals surface area contributed by atoms with E-state index in [1.165, 1.54) is 0 Å². The summed E-state index contributed by atoms with van der Waals surface area (Å²) in [4.78, 5) is 23.0. The van der Waals surface area contributed by atoms with E-state index in [4.69, 9.17) is 4.42 Å². The molecule has 1 amide bonds. The first kappa shape index (κ1) is 23.7. The molecule has 1 aromatic rings. The molecule has 1 fully saturated rings. The lowest BCUT2D eigenvalue weighted by molar-refractivity contribution is -0.133. The van der Waals surface area contributed by atoms with E-state index in [0.717, 1.165) is 31.2 Å². The highest BCUT2D eigenvalue weighted by Gasteiger charge is 2.28. The van der Waals surface area contributed by atoms with Gasteiger partial charge in [-0.1, -0.05) is 34.6 Å². The number of nitrogens with zero attached hydrogens (tertiary/aromatic N) is 3. The third-order valence-electron chi connectivity index (χ3n) is 4.34. The zero-order chi connectivity index (χ0) is 19.3. The SMILES string of the molecule is CCNC(=NCc1ncc(C(C)(C)C)o1)NC1CCN(C(=O)C(C)C)C1.I. The van der Waals surface area contributed by atoms with E-state index in [0.29, 0.717) is 19.0 Å². The lowest BCUT2D eigenvalue weighted by Gasteiger charge is -2.20. The molecule has 2 heterocycles. The van der Waals surface area contributed by atoms with E-state index in [1.54, 1.807) is 6.20 Å². The van der Waals surface area contributed by atoms with Crippen LogP contribution in [0.5, 0.6) is 0 Å². The number of hydrogen-bond donors (Lipinski definition) is 2. The number of rotatable bonds is 5. The van der Waals surface area contributed by atoms with Crippen LogP contribution in [0, 0.1) is 5.92 Å². The maximum absolute atomic E-state index is 12.1. The van der Waals surface area contributed by atoms with E-state index < -0.39 is 0 Å². The van der Waals surface area contributed by atoms with Gasteiger partial charge in [0.1, 0.15) is 12.3 Å². The van der Waals surface area contributed by atoms with Gasteiger partial charge in [0.25, 0.3) is 0 Å².